The second kappa shape index (κ2) is 7.61. The maximum Gasteiger partial charge on any atom is 0.325 e. The highest BCUT2D eigenvalue weighted by molar-refractivity contribution is 6.09. The average Bonchev–Trinajstić information content (AvgIpc) is 2.94. The summed E-state index contributed by atoms with van der Waals surface area (Å²) in [6, 6.07) is 17.9. The molecule has 2 atom stereocenters. The van der Waals surface area contributed by atoms with E-state index >= 15 is 0 Å². The fraction of sp³-hybridized carbons (Fsp3) is 0.286. The maximum atomic E-state index is 13.0. The molecule has 2 N–H and O–H groups in total. The first kappa shape index (κ1) is 18.6. The van der Waals surface area contributed by atoms with E-state index in [4.69, 9.17) is 0 Å². The maximum absolute atomic E-state index is 13.0. The van der Waals surface area contributed by atoms with E-state index in [-0.39, 0.29) is 18.5 Å². The Labute approximate surface area is 158 Å². The van der Waals surface area contributed by atoms with E-state index in [1.165, 1.54) is 0 Å². The second-order valence-corrected chi connectivity index (χ2v) is 6.65. The van der Waals surface area contributed by atoms with E-state index in [0.29, 0.717) is 12.0 Å². The van der Waals surface area contributed by atoms with Crippen molar-refractivity contribution in [1.29, 1.82) is 0 Å². The molecule has 6 nitrogen and oxygen atoms in total. The van der Waals surface area contributed by atoms with Crippen LogP contribution in [0.25, 0.3) is 0 Å². The van der Waals surface area contributed by atoms with Crippen molar-refractivity contribution in [2.75, 3.05) is 6.54 Å². The van der Waals surface area contributed by atoms with E-state index in [1.807, 2.05) is 74.5 Å². The van der Waals surface area contributed by atoms with Crippen molar-refractivity contribution in [2.45, 2.75) is 31.8 Å². The van der Waals surface area contributed by atoms with Crippen molar-refractivity contribution < 1.29 is 14.4 Å². The molecular weight excluding hydrogens is 342 g/mol. The molecule has 0 bridgehead atoms. The molecule has 1 heterocycles. The van der Waals surface area contributed by atoms with E-state index in [9.17, 15) is 14.4 Å². The molecule has 4 amide bonds. The number of hydrogen-bond donors (Lipinski definition) is 2. The molecule has 0 aromatic heterocycles. The lowest BCUT2D eigenvalue weighted by atomic mass is 9.87. The molecule has 1 aliphatic heterocycles. The quantitative estimate of drug-likeness (QED) is 0.773. The van der Waals surface area contributed by atoms with Crippen LogP contribution >= 0.6 is 0 Å². The van der Waals surface area contributed by atoms with Gasteiger partial charge in [-0.3, -0.25) is 14.5 Å². The van der Waals surface area contributed by atoms with Gasteiger partial charge in [0, 0.05) is 0 Å². The molecule has 0 saturated carbocycles. The molecular formula is C21H23N3O3. The van der Waals surface area contributed by atoms with Crippen molar-refractivity contribution >= 4 is 17.8 Å². The molecule has 0 aliphatic carbocycles. The minimum atomic E-state index is -1.12. The second-order valence-electron chi connectivity index (χ2n) is 6.65. The van der Waals surface area contributed by atoms with Crippen LogP contribution in [-0.4, -0.2) is 29.3 Å². The third-order valence-electron chi connectivity index (χ3n) is 4.95. The van der Waals surface area contributed by atoms with Crippen molar-refractivity contribution in [3.05, 3.63) is 71.8 Å². The standard InChI is InChI=1S/C21H23N3O3/c1-3-21(17-12-8-5-9-13-17)19(26)24(20(27)23-21)14-18(25)22-15(2)16-10-6-4-7-11-16/h4-13,15H,3,14H2,1-2H3,(H,22,25)(H,23,27)/t15-,21-/m0/s1. The van der Waals surface area contributed by atoms with E-state index in [0.717, 1.165) is 10.5 Å². The van der Waals surface area contributed by atoms with Gasteiger partial charge in [0.15, 0.2) is 0 Å². The molecule has 0 spiro atoms. The zero-order valence-corrected chi connectivity index (χ0v) is 15.4. The zero-order chi connectivity index (χ0) is 19.4. The number of carbonyl (C=O) groups is 3. The predicted octanol–water partition coefficient (Wildman–Crippen LogP) is 2.72. The Morgan fingerprint density at radius 1 is 1.07 bits per heavy atom. The summed E-state index contributed by atoms with van der Waals surface area (Å²) in [6.45, 7) is 3.39. The van der Waals surface area contributed by atoms with Gasteiger partial charge in [0.2, 0.25) is 5.91 Å². The van der Waals surface area contributed by atoms with Gasteiger partial charge in [0.1, 0.15) is 12.1 Å². The van der Waals surface area contributed by atoms with Crippen LogP contribution in [0.5, 0.6) is 0 Å². The van der Waals surface area contributed by atoms with Gasteiger partial charge in [-0.25, -0.2) is 4.79 Å². The topological polar surface area (TPSA) is 78.5 Å². The van der Waals surface area contributed by atoms with Gasteiger partial charge in [0.25, 0.3) is 5.91 Å². The van der Waals surface area contributed by atoms with Crippen LogP contribution in [0, 0.1) is 0 Å². The summed E-state index contributed by atoms with van der Waals surface area (Å²) in [4.78, 5) is 38.9. The summed E-state index contributed by atoms with van der Waals surface area (Å²) in [5, 5.41) is 5.62. The van der Waals surface area contributed by atoms with Gasteiger partial charge < -0.3 is 10.6 Å². The van der Waals surface area contributed by atoms with Gasteiger partial charge in [0.05, 0.1) is 6.04 Å². The number of rotatable bonds is 6. The summed E-state index contributed by atoms with van der Waals surface area (Å²) in [6.07, 6.45) is 0.403. The molecule has 140 valence electrons. The van der Waals surface area contributed by atoms with Crippen molar-refractivity contribution in [3.63, 3.8) is 0 Å². The Morgan fingerprint density at radius 3 is 2.26 bits per heavy atom. The molecule has 0 radical (unpaired) electrons. The summed E-state index contributed by atoms with van der Waals surface area (Å²) < 4.78 is 0. The number of nitrogens with one attached hydrogen (secondary N) is 2. The first-order chi connectivity index (χ1) is 13.0. The lowest BCUT2D eigenvalue weighted by Crippen LogP contribution is -2.45. The van der Waals surface area contributed by atoms with Crippen LogP contribution in [0.1, 0.15) is 37.4 Å². The summed E-state index contributed by atoms with van der Waals surface area (Å²) in [5.41, 5.74) is 0.547. The molecule has 1 aliphatic rings. The van der Waals surface area contributed by atoms with E-state index < -0.39 is 17.5 Å². The number of urea groups is 1. The van der Waals surface area contributed by atoms with Gasteiger partial charge in [-0.15, -0.1) is 0 Å². The van der Waals surface area contributed by atoms with Crippen LogP contribution in [-0.2, 0) is 15.1 Å². The SMILES string of the molecule is CC[C@@]1(c2ccccc2)NC(=O)N(CC(=O)N[C@@H](C)c2ccccc2)C1=O. The van der Waals surface area contributed by atoms with Crippen LogP contribution in [0.3, 0.4) is 0 Å². The smallest absolute Gasteiger partial charge is 0.325 e. The van der Waals surface area contributed by atoms with Crippen molar-refractivity contribution in [2.24, 2.45) is 0 Å². The fourth-order valence-corrected chi connectivity index (χ4v) is 3.39. The monoisotopic (exact) mass is 365 g/mol. The molecule has 1 fully saturated rings. The van der Waals surface area contributed by atoms with Gasteiger partial charge in [-0.2, -0.15) is 0 Å². The Hall–Kier alpha value is -3.15. The third-order valence-corrected chi connectivity index (χ3v) is 4.95. The molecule has 1 saturated heterocycles. The van der Waals surface area contributed by atoms with Gasteiger partial charge in [-0.1, -0.05) is 67.6 Å². The molecule has 27 heavy (non-hydrogen) atoms. The first-order valence-corrected chi connectivity index (χ1v) is 9.02. The Kier molecular flexibility index (Phi) is 5.26. The summed E-state index contributed by atoms with van der Waals surface area (Å²) in [7, 11) is 0. The Morgan fingerprint density at radius 2 is 1.67 bits per heavy atom. The number of hydrogen-bond acceptors (Lipinski definition) is 3. The largest absolute Gasteiger partial charge is 0.348 e. The minimum absolute atomic E-state index is 0.218. The van der Waals surface area contributed by atoms with Gasteiger partial charge in [-0.05, 0) is 24.5 Å². The third kappa shape index (κ3) is 3.56. The van der Waals surface area contributed by atoms with Crippen LogP contribution < -0.4 is 10.6 Å². The molecule has 2 aromatic rings. The lowest BCUT2D eigenvalue weighted by molar-refractivity contribution is -0.135. The Balaban J connectivity index is 1.73. The highest BCUT2D eigenvalue weighted by Gasteiger charge is 2.51. The zero-order valence-electron chi connectivity index (χ0n) is 15.4. The van der Waals surface area contributed by atoms with Crippen LogP contribution in [0.4, 0.5) is 4.79 Å². The average molecular weight is 365 g/mol. The number of imide groups is 1. The van der Waals surface area contributed by atoms with Crippen LogP contribution in [0.2, 0.25) is 0 Å². The van der Waals surface area contributed by atoms with E-state index in [1.54, 1.807) is 0 Å². The number of carbonyl (C=O) groups excluding carboxylic acids is 3. The number of nitrogens with zero attached hydrogens (tertiary/aromatic N) is 1. The summed E-state index contributed by atoms with van der Waals surface area (Å²) >= 11 is 0. The fourth-order valence-electron chi connectivity index (χ4n) is 3.39. The predicted molar refractivity (Wildman–Crippen MR) is 102 cm³/mol. The highest BCUT2D eigenvalue weighted by atomic mass is 16.2. The van der Waals surface area contributed by atoms with Gasteiger partial charge >= 0.3 is 6.03 Å². The molecule has 3 rings (SSSR count). The molecule has 2 aromatic carbocycles. The first-order valence-electron chi connectivity index (χ1n) is 9.02. The number of amides is 4. The summed E-state index contributed by atoms with van der Waals surface area (Å²) in [5.74, 6) is -0.779. The highest BCUT2D eigenvalue weighted by Crippen LogP contribution is 2.32. The normalized spacial score (nSPS) is 20.3. The Bertz CT molecular complexity index is 838. The van der Waals surface area contributed by atoms with Crippen LogP contribution in [0.15, 0.2) is 60.7 Å². The minimum Gasteiger partial charge on any atom is -0.348 e. The molecule has 0 unspecified atom stereocenters. The van der Waals surface area contributed by atoms with Crippen molar-refractivity contribution in [1.82, 2.24) is 15.5 Å². The number of benzene rings is 2. The lowest BCUT2D eigenvalue weighted by Gasteiger charge is -2.25. The van der Waals surface area contributed by atoms with Crippen molar-refractivity contribution in [3.8, 4) is 0 Å². The molecule has 6 heteroatoms. The van der Waals surface area contributed by atoms with E-state index in [2.05, 4.69) is 10.6 Å².